The van der Waals surface area contributed by atoms with Crippen molar-refractivity contribution >= 4 is 0 Å². The van der Waals surface area contributed by atoms with Gasteiger partial charge in [0, 0.05) is 13.2 Å². The first-order chi connectivity index (χ1) is 5.77. The van der Waals surface area contributed by atoms with Gasteiger partial charge in [0.2, 0.25) is 0 Å². The first-order valence-corrected chi connectivity index (χ1v) is 5.00. The third kappa shape index (κ3) is 9.92. The Balaban J connectivity index is 2.82. The van der Waals surface area contributed by atoms with E-state index < -0.39 is 0 Å². The Hall–Kier alpha value is -0.0800. The molecule has 0 aliphatic heterocycles. The summed E-state index contributed by atoms with van der Waals surface area (Å²) in [6.07, 6.45) is 4.95. The molecule has 0 rings (SSSR count). The van der Waals surface area contributed by atoms with Crippen LogP contribution in [-0.2, 0) is 4.74 Å². The molecule has 0 unspecified atom stereocenters. The Morgan fingerprint density at radius 1 is 1.00 bits per heavy atom. The normalized spacial score (nSPS) is 11.0. The lowest BCUT2D eigenvalue weighted by molar-refractivity contribution is 0.122. The average Bonchev–Trinajstić information content (AvgIpc) is 2.02. The molecule has 0 radical (unpaired) electrons. The van der Waals surface area contributed by atoms with E-state index in [1.165, 1.54) is 19.3 Å². The SMILES string of the molecule is CCCCCOCCCN(C)C. The van der Waals surface area contributed by atoms with E-state index in [9.17, 15) is 0 Å². The topological polar surface area (TPSA) is 12.5 Å². The predicted molar refractivity (Wildman–Crippen MR) is 53.5 cm³/mol. The van der Waals surface area contributed by atoms with Crippen LogP contribution in [0.15, 0.2) is 0 Å². The highest BCUT2D eigenvalue weighted by atomic mass is 16.5. The van der Waals surface area contributed by atoms with Crippen LogP contribution in [0.25, 0.3) is 0 Å². The minimum atomic E-state index is 0.919. The first-order valence-electron chi connectivity index (χ1n) is 5.00. The van der Waals surface area contributed by atoms with Crippen LogP contribution in [0.5, 0.6) is 0 Å². The van der Waals surface area contributed by atoms with Crippen LogP contribution in [0.2, 0.25) is 0 Å². The third-order valence-corrected chi connectivity index (χ3v) is 1.79. The van der Waals surface area contributed by atoms with Crippen LogP contribution in [0, 0.1) is 0 Å². The molecule has 0 saturated carbocycles. The van der Waals surface area contributed by atoms with Gasteiger partial charge in [-0.05, 0) is 33.5 Å². The Labute approximate surface area is 76.9 Å². The lowest BCUT2D eigenvalue weighted by atomic mass is 10.3. The molecular formula is C10H23NO. The molecule has 0 spiro atoms. The van der Waals surface area contributed by atoms with Gasteiger partial charge in [-0.1, -0.05) is 19.8 Å². The van der Waals surface area contributed by atoms with Gasteiger partial charge >= 0.3 is 0 Å². The van der Waals surface area contributed by atoms with Crippen molar-refractivity contribution in [2.45, 2.75) is 32.6 Å². The predicted octanol–water partition coefficient (Wildman–Crippen LogP) is 2.14. The van der Waals surface area contributed by atoms with Crippen molar-refractivity contribution in [3.8, 4) is 0 Å². The maximum absolute atomic E-state index is 5.46. The van der Waals surface area contributed by atoms with E-state index in [1.807, 2.05) is 0 Å². The van der Waals surface area contributed by atoms with Crippen molar-refractivity contribution in [2.75, 3.05) is 33.9 Å². The van der Waals surface area contributed by atoms with E-state index >= 15 is 0 Å². The van der Waals surface area contributed by atoms with E-state index in [4.69, 9.17) is 4.74 Å². The Kier molecular flexibility index (Phi) is 8.95. The monoisotopic (exact) mass is 173 g/mol. The van der Waals surface area contributed by atoms with Crippen LogP contribution in [0.1, 0.15) is 32.6 Å². The second-order valence-corrected chi connectivity index (χ2v) is 3.48. The van der Waals surface area contributed by atoms with Crippen molar-refractivity contribution in [1.29, 1.82) is 0 Å². The van der Waals surface area contributed by atoms with Crippen LogP contribution >= 0.6 is 0 Å². The van der Waals surface area contributed by atoms with Crippen LogP contribution < -0.4 is 0 Å². The van der Waals surface area contributed by atoms with E-state index in [-0.39, 0.29) is 0 Å². The summed E-state index contributed by atoms with van der Waals surface area (Å²) in [5.74, 6) is 0. The first kappa shape index (κ1) is 11.9. The number of ether oxygens (including phenoxy) is 1. The van der Waals surface area contributed by atoms with Gasteiger partial charge in [-0.25, -0.2) is 0 Å². The Morgan fingerprint density at radius 3 is 2.25 bits per heavy atom. The molecule has 74 valence electrons. The largest absolute Gasteiger partial charge is 0.381 e. The summed E-state index contributed by atoms with van der Waals surface area (Å²) in [7, 11) is 4.19. The second-order valence-electron chi connectivity index (χ2n) is 3.48. The summed E-state index contributed by atoms with van der Waals surface area (Å²) in [4.78, 5) is 2.19. The molecule has 0 bridgehead atoms. The van der Waals surface area contributed by atoms with Gasteiger partial charge in [0.05, 0.1) is 0 Å². The lowest BCUT2D eigenvalue weighted by Gasteiger charge is -2.08. The minimum Gasteiger partial charge on any atom is -0.381 e. The fourth-order valence-corrected chi connectivity index (χ4v) is 1.04. The van der Waals surface area contributed by atoms with E-state index in [1.54, 1.807) is 0 Å². The number of nitrogens with zero attached hydrogens (tertiary/aromatic N) is 1. The van der Waals surface area contributed by atoms with E-state index in [2.05, 4.69) is 25.9 Å². The highest BCUT2D eigenvalue weighted by Crippen LogP contribution is 1.94. The Morgan fingerprint density at radius 2 is 1.67 bits per heavy atom. The lowest BCUT2D eigenvalue weighted by Crippen LogP contribution is -2.14. The molecule has 0 atom stereocenters. The average molecular weight is 173 g/mol. The van der Waals surface area contributed by atoms with Gasteiger partial charge < -0.3 is 9.64 Å². The molecule has 2 heteroatoms. The molecular weight excluding hydrogens is 150 g/mol. The summed E-state index contributed by atoms with van der Waals surface area (Å²) >= 11 is 0. The zero-order valence-electron chi connectivity index (χ0n) is 8.81. The van der Waals surface area contributed by atoms with Crippen LogP contribution in [0.4, 0.5) is 0 Å². The molecule has 0 saturated heterocycles. The highest BCUT2D eigenvalue weighted by molar-refractivity contribution is 4.43. The number of hydrogen-bond acceptors (Lipinski definition) is 2. The molecule has 0 aromatic heterocycles. The van der Waals surface area contributed by atoms with Crippen LogP contribution in [-0.4, -0.2) is 38.8 Å². The molecule has 0 amide bonds. The van der Waals surface area contributed by atoms with Crippen molar-refractivity contribution in [3.63, 3.8) is 0 Å². The summed E-state index contributed by atoms with van der Waals surface area (Å²) in [6, 6.07) is 0. The molecule has 0 aromatic carbocycles. The van der Waals surface area contributed by atoms with Gasteiger partial charge in [-0.2, -0.15) is 0 Å². The van der Waals surface area contributed by atoms with Gasteiger partial charge in [0.15, 0.2) is 0 Å². The molecule has 0 N–H and O–H groups in total. The quantitative estimate of drug-likeness (QED) is 0.521. The molecule has 0 aromatic rings. The van der Waals surface area contributed by atoms with E-state index in [0.29, 0.717) is 0 Å². The number of unbranched alkanes of at least 4 members (excludes halogenated alkanes) is 2. The maximum Gasteiger partial charge on any atom is 0.0478 e. The zero-order valence-corrected chi connectivity index (χ0v) is 8.81. The summed E-state index contributed by atoms with van der Waals surface area (Å²) in [5.41, 5.74) is 0. The van der Waals surface area contributed by atoms with Crippen molar-refractivity contribution in [2.24, 2.45) is 0 Å². The third-order valence-electron chi connectivity index (χ3n) is 1.79. The van der Waals surface area contributed by atoms with Gasteiger partial charge in [-0.3, -0.25) is 0 Å². The fraction of sp³-hybridized carbons (Fsp3) is 1.00. The van der Waals surface area contributed by atoms with Gasteiger partial charge in [0.25, 0.3) is 0 Å². The molecule has 0 aliphatic carbocycles. The molecule has 12 heavy (non-hydrogen) atoms. The van der Waals surface area contributed by atoms with Crippen LogP contribution in [0.3, 0.4) is 0 Å². The second kappa shape index (κ2) is 9.01. The van der Waals surface area contributed by atoms with Gasteiger partial charge in [0.1, 0.15) is 0 Å². The molecule has 0 heterocycles. The maximum atomic E-state index is 5.46. The summed E-state index contributed by atoms with van der Waals surface area (Å²) in [6.45, 7) is 5.21. The fourth-order valence-electron chi connectivity index (χ4n) is 1.04. The smallest absolute Gasteiger partial charge is 0.0478 e. The number of rotatable bonds is 8. The Bertz CT molecular complexity index is 83.9. The molecule has 0 fully saturated rings. The summed E-state index contributed by atoms with van der Waals surface area (Å²) < 4.78 is 5.46. The number of hydrogen-bond donors (Lipinski definition) is 0. The molecule has 0 aliphatic rings. The van der Waals surface area contributed by atoms with Crippen molar-refractivity contribution < 1.29 is 4.74 Å². The van der Waals surface area contributed by atoms with E-state index in [0.717, 1.165) is 26.2 Å². The highest BCUT2D eigenvalue weighted by Gasteiger charge is 1.91. The standard InChI is InChI=1S/C10H23NO/c1-4-5-6-9-12-10-7-8-11(2)3/h4-10H2,1-3H3. The van der Waals surface area contributed by atoms with Crippen molar-refractivity contribution in [3.05, 3.63) is 0 Å². The van der Waals surface area contributed by atoms with Gasteiger partial charge in [-0.15, -0.1) is 0 Å². The minimum absolute atomic E-state index is 0.919. The zero-order chi connectivity index (χ0) is 9.23. The summed E-state index contributed by atoms with van der Waals surface area (Å²) in [5, 5.41) is 0. The molecule has 2 nitrogen and oxygen atoms in total. The van der Waals surface area contributed by atoms with Crippen molar-refractivity contribution in [1.82, 2.24) is 4.90 Å².